The maximum Gasteiger partial charge on any atom is 0.407 e. The third kappa shape index (κ3) is 6.38. The molecule has 10 heteroatoms. The smallest absolute Gasteiger partial charge is 0.407 e. The summed E-state index contributed by atoms with van der Waals surface area (Å²) in [7, 11) is 0. The number of hydrogen-bond acceptors (Lipinski definition) is 7. The quantitative estimate of drug-likeness (QED) is 0.359. The second kappa shape index (κ2) is 9.84. The number of Topliss-reactive ketones (excluding diaryl/α,β-unsaturated/α-hetero) is 1. The first kappa shape index (κ1) is 23.5. The fourth-order valence-corrected chi connectivity index (χ4v) is 2.97. The largest absolute Gasteiger partial charge is 0.444 e. The van der Waals surface area contributed by atoms with Gasteiger partial charge in [-0.05, 0) is 31.9 Å². The number of carbonyl (C=O) groups is 5. The first-order valence-electron chi connectivity index (χ1n) is 9.24. The summed E-state index contributed by atoms with van der Waals surface area (Å²) in [5.74, 6) is -4.05. The molecule has 1 saturated heterocycles. The molecule has 1 aromatic carbocycles. The summed E-state index contributed by atoms with van der Waals surface area (Å²) >= 11 is 3.03. The first-order valence-corrected chi connectivity index (χ1v) is 10.4. The van der Waals surface area contributed by atoms with Crippen molar-refractivity contribution in [2.45, 2.75) is 51.7 Å². The molecule has 1 aliphatic rings. The van der Waals surface area contributed by atoms with E-state index in [-0.39, 0.29) is 24.7 Å². The van der Waals surface area contributed by atoms with E-state index in [1.54, 1.807) is 45.0 Å². The Hall–Kier alpha value is -2.75. The SMILES string of the molecule is CC(C)(C)OC(=O)NCc1ccc(C(C(=O)CBr)C(=O)ON2C(=O)CCC2=O)cc1. The molecule has 1 aliphatic heterocycles. The van der Waals surface area contributed by atoms with Crippen molar-refractivity contribution in [3.05, 3.63) is 35.4 Å². The molecule has 162 valence electrons. The van der Waals surface area contributed by atoms with Gasteiger partial charge >= 0.3 is 12.1 Å². The molecule has 30 heavy (non-hydrogen) atoms. The van der Waals surface area contributed by atoms with E-state index in [1.807, 2.05) is 0 Å². The van der Waals surface area contributed by atoms with Gasteiger partial charge in [-0.3, -0.25) is 14.4 Å². The Labute approximate surface area is 182 Å². The number of imide groups is 1. The lowest BCUT2D eigenvalue weighted by Gasteiger charge is -2.20. The molecule has 2 rings (SSSR count). The van der Waals surface area contributed by atoms with Crippen molar-refractivity contribution in [2.24, 2.45) is 0 Å². The van der Waals surface area contributed by atoms with Crippen molar-refractivity contribution >= 4 is 45.6 Å². The molecule has 3 amide bonds. The number of amides is 3. The molecule has 1 atom stereocenters. The van der Waals surface area contributed by atoms with Gasteiger partial charge in [-0.25, -0.2) is 9.59 Å². The van der Waals surface area contributed by atoms with E-state index in [1.165, 1.54) is 0 Å². The lowest BCUT2D eigenvalue weighted by atomic mass is 9.94. The highest BCUT2D eigenvalue weighted by molar-refractivity contribution is 9.09. The molecule has 9 nitrogen and oxygen atoms in total. The second-order valence-electron chi connectivity index (χ2n) is 7.62. The van der Waals surface area contributed by atoms with Gasteiger partial charge in [-0.2, -0.15) is 0 Å². The Kier molecular flexibility index (Phi) is 7.71. The molecule has 1 N–H and O–H groups in total. The summed E-state index contributed by atoms with van der Waals surface area (Å²) < 4.78 is 5.16. The summed E-state index contributed by atoms with van der Waals surface area (Å²) in [6.07, 6.45) is -0.646. The fourth-order valence-electron chi connectivity index (χ4n) is 2.65. The Morgan fingerprint density at radius 1 is 1.10 bits per heavy atom. The molecule has 0 saturated carbocycles. The Balaban J connectivity index is 2.08. The van der Waals surface area contributed by atoms with Crippen LogP contribution in [0.15, 0.2) is 24.3 Å². The predicted octanol–water partition coefficient (Wildman–Crippen LogP) is 2.37. The molecule has 0 spiro atoms. The van der Waals surface area contributed by atoms with Crippen LogP contribution in [0.1, 0.15) is 50.7 Å². The van der Waals surface area contributed by atoms with E-state index >= 15 is 0 Å². The van der Waals surface area contributed by atoms with E-state index < -0.39 is 41.2 Å². The van der Waals surface area contributed by atoms with E-state index in [4.69, 9.17) is 9.57 Å². The van der Waals surface area contributed by atoms with E-state index in [0.717, 1.165) is 0 Å². The van der Waals surface area contributed by atoms with Crippen molar-refractivity contribution in [1.82, 2.24) is 10.4 Å². The van der Waals surface area contributed by atoms with Crippen molar-refractivity contribution in [3.63, 3.8) is 0 Å². The van der Waals surface area contributed by atoms with Crippen LogP contribution in [0.4, 0.5) is 4.79 Å². The number of hydroxylamine groups is 2. The topological polar surface area (TPSA) is 119 Å². The summed E-state index contributed by atoms with van der Waals surface area (Å²) in [6.45, 7) is 5.45. The van der Waals surface area contributed by atoms with Gasteiger partial charge in [0.2, 0.25) is 0 Å². The standard InChI is InChI=1S/C20H23BrN2O7/c1-20(2,3)29-19(28)22-11-12-4-6-13(7-5-12)17(14(24)10-21)18(27)30-23-15(25)8-9-16(23)26/h4-7,17H,8-11H2,1-3H3,(H,22,28). The van der Waals surface area contributed by atoms with Crippen molar-refractivity contribution in [1.29, 1.82) is 0 Å². The number of nitrogens with one attached hydrogen (secondary N) is 1. The minimum atomic E-state index is -1.31. The summed E-state index contributed by atoms with van der Waals surface area (Å²) in [5, 5.41) is 2.91. The molecular weight excluding hydrogens is 460 g/mol. The van der Waals surface area contributed by atoms with Crippen LogP contribution in [0.2, 0.25) is 0 Å². The number of nitrogens with zero attached hydrogens (tertiary/aromatic N) is 1. The first-order chi connectivity index (χ1) is 14.0. The maximum atomic E-state index is 12.5. The van der Waals surface area contributed by atoms with Gasteiger partial charge in [0.15, 0.2) is 5.78 Å². The lowest BCUT2D eigenvalue weighted by molar-refractivity contribution is -0.198. The number of rotatable bonds is 7. The van der Waals surface area contributed by atoms with Gasteiger partial charge in [0.1, 0.15) is 11.5 Å². The predicted molar refractivity (Wildman–Crippen MR) is 108 cm³/mol. The summed E-state index contributed by atoms with van der Waals surface area (Å²) in [4.78, 5) is 64.8. The van der Waals surface area contributed by atoms with E-state index in [9.17, 15) is 24.0 Å². The van der Waals surface area contributed by atoms with Crippen molar-refractivity contribution in [2.75, 3.05) is 5.33 Å². The highest BCUT2D eigenvalue weighted by Crippen LogP contribution is 2.23. The number of ether oxygens (including phenoxy) is 1. The summed E-state index contributed by atoms with van der Waals surface area (Å²) in [5.41, 5.74) is 0.438. The highest BCUT2D eigenvalue weighted by Gasteiger charge is 2.37. The molecule has 0 aromatic heterocycles. The third-order valence-corrected chi connectivity index (χ3v) is 4.58. The van der Waals surface area contributed by atoms with Gasteiger partial charge in [-0.1, -0.05) is 40.2 Å². The third-order valence-electron chi connectivity index (χ3n) is 4.03. The van der Waals surface area contributed by atoms with Gasteiger partial charge < -0.3 is 14.9 Å². The Bertz CT molecular complexity index is 830. The van der Waals surface area contributed by atoms with E-state index in [0.29, 0.717) is 16.2 Å². The molecule has 0 bridgehead atoms. The Morgan fingerprint density at radius 2 is 1.67 bits per heavy atom. The number of alkyl halides is 1. The number of benzene rings is 1. The minimum absolute atomic E-state index is 0.0392. The van der Waals surface area contributed by atoms with Crippen LogP contribution < -0.4 is 5.32 Å². The highest BCUT2D eigenvalue weighted by atomic mass is 79.9. The van der Waals surface area contributed by atoms with Crippen LogP contribution in [0.5, 0.6) is 0 Å². The maximum absolute atomic E-state index is 12.5. The second-order valence-corrected chi connectivity index (χ2v) is 8.18. The Morgan fingerprint density at radius 3 is 2.17 bits per heavy atom. The van der Waals surface area contributed by atoms with Crippen LogP contribution in [0.3, 0.4) is 0 Å². The normalized spacial score (nSPS) is 15.0. The van der Waals surface area contributed by atoms with Crippen LogP contribution in [-0.2, 0) is 35.3 Å². The van der Waals surface area contributed by atoms with Crippen LogP contribution in [0, 0.1) is 0 Å². The zero-order valence-electron chi connectivity index (χ0n) is 16.9. The molecule has 1 fully saturated rings. The van der Waals surface area contributed by atoms with Crippen molar-refractivity contribution < 1.29 is 33.5 Å². The summed E-state index contributed by atoms with van der Waals surface area (Å²) in [6, 6.07) is 6.37. The minimum Gasteiger partial charge on any atom is -0.444 e. The lowest BCUT2D eigenvalue weighted by Crippen LogP contribution is -2.36. The number of ketones is 1. The zero-order chi connectivity index (χ0) is 22.5. The monoisotopic (exact) mass is 482 g/mol. The molecular formula is C20H23BrN2O7. The average Bonchev–Trinajstić information content (AvgIpc) is 2.98. The number of carbonyl (C=O) groups excluding carboxylic acids is 5. The molecule has 0 radical (unpaired) electrons. The number of halogens is 1. The van der Waals surface area contributed by atoms with Gasteiger partial charge in [0.05, 0.1) is 5.33 Å². The van der Waals surface area contributed by atoms with Gasteiger partial charge in [0.25, 0.3) is 11.8 Å². The van der Waals surface area contributed by atoms with Gasteiger partial charge in [-0.15, -0.1) is 5.06 Å². The number of hydrogen-bond donors (Lipinski definition) is 1. The molecule has 1 unspecified atom stereocenters. The van der Waals surface area contributed by atoms with Crippen LogP contribution in [-0.4, -0.2) is 45.7 Å². The zero-order valence-corrected chi connectivity index (χ0v) is 18.5. The van der Waals surface area contributed by atoms with Crippen LogP contribution >= 0.6 is 15.9 Å². The average molecular weight is 483 g/mol. The molecule has 1 aromatic rings. The van der Waals surface area contributed by atoms with E-state index in [2.05, 4.69) is 21.2 Å². The van der Waals surface area contributed by atoms with Crippen molar-refractivity contribution in [3.8, 4) is 0 Å². The number of alkyl carbamates (subject to hydrolysis) is 1. The molecule has 0 aliphatic carbocycles. The van der Waals surface area contributed by atoms with Crippen LogP contribution in [0.25, 0.3) is 0 Å². The molecule has 1 heterocycles. The fraction of sp³-hybridized carbons (Fsp3) is 0.450. The van der Waals surface area contributed by atoms with Gasteiger partial charge in [0, 0.05) is 19.4 Å².